The second-order valence-corrected chi connectivity index (χ2v) is 6.13. The Morgan fingerprint density at radius 3 is 2.96 bits per heavy atom. The van der Waals surface area contributed by atoms with Crippen molar-refractivity contribution in [1.82, 2.24) is 10.3 Å². The SMILES string of the molecule is COc1ccc2c(CCNC(=O)C3COc4ccccc4O3)c[nH]c2c1. The third-order valence-corrected chi connectivity index (χ3v) is 4.47. The van der Waals surface area contributed by atoms with Crippen molar-refractivity contribution >= 4 is 16.8 Å². The van der Waals surface area contributed by atoms with Gasteiger partial charge in [-0.3, -0.25) is 4.79 Å². The molecule has 4 rings (SSSR count). The van der Waals surface area contributed by atoms with Gasteiger partial charge in [0.05, 0.1) is 7.11 Å². The van der Waals surface area contributed by atoms with Crippen molar-refractivity contribution in [2.45, 2.75) is 12.5 Å². The lowest BCUT2D eigenvalue weighted by Gasteiger charge is -2.25. The lowest BCUT2D eigenvalue weighted by molar-refractivity contribution is -0.130. The number of fused-ring (bicyclic) bond motifs is 2. The highest BCUT2D eigenvalue weighted by Gasteiger charge is 2.26. The van der Waals surface area contributed by atoms with Crippen molar-refractivity contribution in [1.29, 1.82) is 0 Å². The molecule has 1 aromatic heterocycles. The maximum absolute atomic E-state index is 12.3. The number of methoxy groups -OCH3 is 1. The molecule has 1 atom stereocenters. The maximum Gasteiger partial charge on any atom is 0.264 e. The van der Waals surface area contributed by atoms with E-state index >= 15 is 0 Å². The van der Waals surface area contributed by atoms with Crippen molar-refractivity contribution in [3.8, 4) is 17.2 Å². The van der Waals surface area contributed by atoms with Crippen LogP contribution in [0.4, 0.5) is 0 Å². The summed E-state index contributed by atoms with van der Waals surface area (Å²) in [7, 11) is 1.65. The average molecular weight is 352 g/mol. The van der Waals surface area contributed by atoms with Crippen LogP contribution >= 0.6 is 0 Å². The van der Waals surface area contributed by atoms with Gasteiger partial charge in [0, 0.05) is 29.7 Å². The van der Waals surface area contributed by atoms with Crippen LogP contribution in [0.2, 0.25) is 0 Å². The largest absolute Gasteiger partial charge is 0.497 e. The topological polar surface area (TPSA) is 72.6 Å². The molecular formula is C20H20N2O4. The molecule has 134 valence electrons. The monoisotopic (exact) mass is 352 g/mol. The molecule has 3 aromatic rings. The molecule has 1 unspecified atom stereocenters. The fourth-order valence-corrected chi connectivity index (χ4v) is 3.08. The van der Waals surface area contributed by atoms with Crippen LogP contribution in [0.3, 0.4) is 0 Å². The number of hydrogen-bond acceptors (Lipinski definition) is 4. The van der Waals surface area contributed by atoms with E-state index in [1.807, 2.05) is 42.6 Å². The standard InChI is InChI=1S/C20H20N2O4/c1-24-14-6-7-15-13(11-22-16(15)10-14)8-9-21-20(23)19-12-25-17-4-2-3-5-18(17)26-19/h2-7,10-11,19,22H,8-9,12H2,1H3,(H,21,23). The molecule has 26 heavy (non-hydrogen) atoms. The summed E-state index contributed by atoms with van der Waals surface area (Å²) in [6, 6.07) is 13.3. The van der Waals surface area contributed by atoms with Gasteiger partial charge in [-0.1, -0.05) is 12.1 Å². The minimum atomic E-state index is -0.628. The summed E-state index contributed by atoms with van der Waals surface area (Å²) in [6.07, 6.45) is 2.06. The summed E-state index contributed by atoms with van der Waals surface area (Å²) in [6.45, 7) is 0.745. The molecular weight excluding hydrogens is 332 g/mol. The van der Waals surface area contributed by atoms with Gasteiger partial charge in [0.1, 0.15) is 12.4 Å². The van der Waals surface area contributed by atoms with Crippen LogP contribution in [0.25, 0.3) is 10.9 Å². The Hall–Kier alpha value is -3.15. The highest BCUT2D eigenvalue weighted by atomic mass is 16.6. The molecule has 6 heteroatoms. The number of ether oxygens (including phenoxy) is 3. The van der Waals surface area contributed by atoms with E-state index in [4.69, 9.17) is 14.2 Å². The maximum atomic E-state index is 12.3. The number of para-hydroxylation sites is 2. The Labute approximate surface area is 151 Å². The number of hydrogen-bond donors (Lipinski definition) is 2. The van der Waals surface area contributed by atoms with Crippen molar-refractivity contribution in [3.63, 3.8) is 0 Å². The number of nitrogens with one attached hydrogen (secondary N) is 2. The van der Waals surface area contributed by atoms with Crippen molar-refractivity contribution in [2.24, 2.45) is 0 Å². The zero-order valence-electron chi connectivity index (χ0n) is 14.5. The molecule has 0 fully saturated rings. The Morgan fingerprint density at radius 2 is 2.12 bits per heavy atom. The summed E-state index contributed by atoms with van der Waals surface area (Å²) < 4.78 is 16.5. The molecule has 0 bridgehead atoms. The van der Waals surface area contributed by atoms with E-state index in [-0.39, 0.29) is 12.5 Å². The van der Waals surface area contributed by atoms with Gasteiger partial charge in [0.15, 0.2) is 11.5 Å². The number of amides is 1. The molecule has 0 saturated heterocycles. The zero-order valence-corrected chi connectivity index (χ0v) is 14.5. The molecule has 1 aliphatic heterocycles. The Kier molecular flexibility index (Phi) is 4.39. The Morgan fingerprint density at radius 1 is 1.27 bits per heavy atom. The third-order valence-electron chi connectivity index (χ3n) is 4.47. The number of benzene rings is 2. The first kappa shape index (κ1) is 16.3. The van der Waals surface area contributed by atoms with Crippen molar-refractivity contribution < 1.29 is 19.0 Å². The minimum Gasteiger partial charge on any atom is -0.497 e. The van der Waals surface area contributed by atoms with Gasteiger partial charge in [-0.05, 0) is 36.2 Å². The lowest BCUT2D eigenvalue weighted by atomic mass is 10.1. The van der Waals surface area contributed by atoms with Gasteiger partial charge in [-0.15, -0.1) is 0 Å². The number of rotatable bonds is 5. The smallest absolute Gasteiger partial charge is 0.264 e. The van der Waals surface area contributed by atoms with Crippen molar-refractivity contribution in [3.05, 3.63) is 54.2 Å². The van der Waals surface area contributed by atoms with Crippen LogP contribution in [0.5, 0.6) is 17.2 Å². The second-order valence-electron chi connectivity index (χ2n) is 6.13. The third kappa shape index (κ3) is 3.18. The summed E-state index contributed by atoms with van der Waals surface area (Å²) in [4.78, 5) is 15.6. The van der Waals surface area contributed by atoms with E-state index in [0.29, 0.717) is 18.0 Å². The summed E-state index contributed by atoms with van der Waals surface area (Å²) in [5.74, 6) is 1.92. The molecule has 0 saturated carbocycles. The number of aromatic nitrogens is 1. The van der Waals surface area contributed by atoms with Gasteiger partial charge in [0.2, 0.25) is 6.10 Å². The lowest BCUT2D eigenvalue weighted by Crippen LogP contribution is -2.44. The van der Waals surface area contributed by atoms with E-state index in [2.05, 4.69) is 10.3 Å². The molecule has 0 spiro atoms. The van der Waals surface area contributed by atoms with Gasteiger partial charge >= 0.3 is 0 Å². The normalized spacial score (nSPS) is 15.7. The van der Waals surface area contributed by atoms with E-state index < -0.39 is 6.10 Å². The first-order chi connectivity index (χ1) is 12.7. The fourth-order valence-electron chi connectivity index (χ4n) is 3.08. The van der Waals surface area contributed by atoms with E-state index in [0.717, 1.165) is 28.6 Å². The van der Waals surface area contributed by atoms with Gasteiger partial charge in [-0.2, -0.15) is 0 Å². The molecule has 1 amide bonds. The number of carbonyl (C=O) groups is 1. The Balaban J connectivity index is 1.34. The molecule has 6 nitrogen and oxygen atoms in total. The molecule has 2 aromatic carbocycles. The molecule has 0 aliphatic carbocycles. The zero-order chi connectivity index (χ0) is 17.9. The molecule has 2 N–H and O–H groups in total. The fraction of sp³-hybridized carbons (Fsp3) is 0.250. The highest BCUT2D eigenvalue weighted by molar-refractivity contribution is 5.85. The highest BCUT2D eigenvalue weighted by Crippen LogP contribution is 2.30. The van der Waals surface area contributed by atoms with Crippen LogP contribution in [0, 0.1) is 0 Å². The number of H-pyrrole nitrogens is 1. The van der Waals surface area contributed by atoms with E-state index in [9.17, 15) is 4.79 Å². The Bertz CT molecular complexity index is 934. The first-order valence-corrected chi connectivity index (χ1v) is 8.55. The summed E-state index contributed by atoms with van der Waals surface area (Å²) in [5, 5.41) is 4.06. The van der Waals surface area contributed by atoms with Crippen LogP contribution in [0.1, 0.15) is 5.56 Å². The second kappa shape index (κ2) is 7.00. The van der Waals surface area contributed by atoms with Crippen LogP contribution < -0.4 is 19.5 Å². The quantitative estimate of drug-likeness (QED) is 0.740. The van der Waals surface area contributed by atoms with Crippen LogP contribution in [-0.4, -0.2) is 37.3 Å². The predicted molar refractivity (Wildman–Crippen MR) is 97.9 cm³/mol. The van der Waals surface area contributed by atoms with Gasteiger partial charge in [0.25, 0.3) is 5.91 Å². The number of carbonyl (C=O) groups excluding carboxylic acids is 1. The molecule has 1 aliphatic rings. The van der Waals surface area contributed by atoms with Gasteiger partial charge < -0.3 is 24.5 Å². The minimum absolute atomic E-state index is 0.166. The molecule has 2 heterocycles. The van der Waals surface area contributed by atoms with E-state index in [1.165, 1.54) is 0 Å². The van der Waals surface area contributed by atoms with Gasteiger partial charge in [-0.25, -0.2) is 0 Å². The average Bonchev–Trinajstić information content (AvgIpc) is 3.09. The van der Waals surface area contributed by atoms with Crippen molar-refractivity contribution in [2.75, 3.05) is 20.3 Å². The molecule has 0 radical (unpaired) electrons. The summed E-state index contributed by atoms with van der Waals surface area (Å²) >= 11 is 0. The van der Waals surface area contributed by atoms with Crippen LogP contribution in [-0.2, 0) is 11.2 Å². The summed E-state index contributed by atoms with van der Waals surface area (Å²) in [5.41, 5.74) is 2.17. The van der Waals surface area contributed by atoms with E-state index in [1.54, 1.807) is 13.2 Å². The first-order valence-electron chi connectivity index (χ1n) is 8.55. The number of aromatic amines is 1. The predicted octanol–water partition coefficient (Wildman–Crippen LogP) is 2.68. The van der Waals surface area contributed by atoms with Crippen LogP contribution in [0.15, 0.2) is 48.7 Å².